The molecule has 0 spiro atoms. The Morgan fingerprint density at radius 2 is 1.72 bits per heavy atom. The number of benzene rings is 2. The number of amides is 1. The van der Waals surface area contributed by atoms with Crippen LogP contribution in [-0.4, -0.2) is 10.9 Å². The lowest BCUT2D eigenvalue weighted by atomic mass is 10.1. The summed E-state index contributed by atoms with van der Waals surface area (Å²) in [6.45, 7) is 4.03. The molecule has 4 nitrogen and oxygen atoms in total. The van der Waals surface area contributed by atoms with Gasteiger partial charge in [-0.05, 0) is 42.7 Å². The summed E-state index contributed by atoms with van der Waals surface area (Å²) >= 11 is 0. The predicted octanol–water partition coefficient (Wildman–Crippen LogP) is 4.17. The smallest absolute Gasteiger partial charge is 0.261 e. The monoisotopic (exact) mass is 332 g/mol. The maximum Gasteiger partial charge on any atom is 0.261 e. The van der Waals surface area contributed by atoms with E-state index in [4.69, 9.17) is 0 Å². The molecule has 0 aliphatic rings. The second-order valence-corrected chi connectivity index (χ2v) is 5.95. The summed E-state index contributed by atoms with van der Waals surface area (Å²) in [7, 11) is 0. The normalized spacial score (nSPS) is 10.5. The summed E-state index contributed by atoms with van der Waals surface area (Å²) in [4.78, 5) is 27.6. The van der Waals surface area contributed by atoms with E-state index in [2.05, 4.69) is 10.3 Å². The molecular weight excluding hydrogens is 312 g/mol. The van der Waals surface area contributed by atoms with E-state index in [1.165, 1.54) is 0 Å². The van der Waals surface area contributed by atoms with E-state index in [-0.39, 0.29) is 5.56 Å². The number of H-pyrrole nitrogens is 1. The number of aromatic nitrogens is 1. The average molecular weight is 332 g/mol. The zero-order valence-electron chi connectivity index (χ0n) is 14.3. The predicted molar refractivity (Wildman–Crippen MR) is 101 cm³/mol. The van der Waals surface area contributed by atoms with Crippen LogP contribution in [0, 0.1) is 6.92 Å². The molecular formula is C21H20N2O2. The van der Waals surface area contributed by atoms with Crippen molar-refractivity contribution in [2.24, 2.45) is 0 Å². The van der Waals surface area contributed by atoms with E-state index in [1.54, 1.807) is 12.1 Å². The molecule has 0 saturated carbocycles. The highest BCUT2D eigenvalue weighted by molar-refractivity contribution is 6.04. The number of aryl methyl sites for hydroxylation is 2. The molecule has 126 valence electrons. The average Bonchev–Trinajstić information content (AvgIpc) is 2.62. The molecule has 1 aromatic heterocycles. The quantitative estimate of drug-likeness (QED) is 0.753. The SMILES string of the molecule is CCc1ccccc1NC(=O)c1ccc(-c2ccc(C)cc2)[nH]c1=O. The molecule has 3 rings (SSSR count). The van der Waals surface area contributed by atoms with Crippen molar-refractivity contribution in [3.63, 3.8) is 0 Å². The Hall–Kier alpha value is -3.14. The Bertz CT molecular complexity index is 956. The van der Waals surface area contributed by atoms with Gasteiger partial charge in [-0.15, -0.1) is 0 Å². The van der Waals surface area contributed by atoms with Gasteiger partial charge < -0.3 is 10.3 Å². The Kier molecular flexibility index (Phi) is 4.80. The second kappa shape index (κ2) is 7.18. The number of nitrogens with one attached hydrogen (secondary N) is 2. The van der Waals surface area contributed by atoms with Gasteiger partial charge in [0.05, 0.1) is 0 Å². The van der Waals surface area contributed by atoms with Crippen LogP contribution in [0.25, 0.3) is 11.3 Å². The Labute approximate surface area is 146 Å². The number of hydrogen-bond acceptors (Lipinski definition) is 2. The number of pyridine rings is 1. The van der Waals surface area contributed by atoms with Gasteiger partial charge in [-0.1, -0.05) is 55.0 Å². The highest BCUT2D eigenvalue weighted by Gasteiger charge is 2.13. The van der Waals surface area contributed by atoms with Crippen LogP contribution >= 0.6 is 0 Å². The highest BCUT2D eigenvalue weighted by atomic mass is 16.2. The van der Waals surface area contributed by atoms with Crippen molar-refractivity contribution in [2.45, 2.75) is 20.3 Å². The maximum atomic E-state index is 12.5. The highest BCUT2D eigenvalue weighted by Crippen LogP contribution is 2.18. The summed E-state index contributed by atoms with van der Waals surface area (Å²) in [5, 5.41) is 2.83. The van der Waals surface area contributed by atoms with Crippen LogP contribution in [0.5, 0.6) is 0 Å². The van der Waals surface area contributed by atoms with Gasteiger partial charge in [-0.2, -0.15) is 0 Å². The third-order valence-electron chi connectivity index (χ3n) is 4.16. The van der Waals surface area contributed by atoms with Gasteiger partial charge in [0.25, 0.3) is 11.5 Å². The minimum absolute atomic E-state index is 0.0989. The van der Waals surface area contributed by atoms with Crippen LogP contribution < -0.4 is 10.9 Å². The molecule has 4 heteroatoms. The summed E-state index contributed by atoms with van der Waals surface area (Å²) < 4.78 is 0. The van der Waals surface area contributed by atoms with Gasteiger partial charge in [-0.3, -0.25) is 9.59 Å². The number of para-hydroxylation sites is 1. The van der Waals surface area contributed by atoms with E-state index in [9.17, 15) is 9.59 Å². The molecule has 0 unspecified atom stereocenters. The van der Waals surface area contributed by atoms with E-state index < -0.39 is 11.5 Å². The van der Waals surface area contributed by atoms with Crippen molar-refractivity contribution in [2.75, 3.05) is 5.32 Å². The Balaban J connectivity index is 1.87. The first-order valence-electron chi connectivity index (χ1n) is 8.28. The van der Waals surface area contributed by atoms with Crippen LogP contribution in [0.15, 0.2) is 65.5 Å². The zero-order valence-corrected chi connectivity index (χ0v) is 14.3. The first kappa shape index (κ1) is 16.7. The number of carbonyl (C=O) groups excluding carboxylic acids is 1. The standard InChI is InChI=1S/C21H20N2O2/c1-3-15-6-4-5-7-18(15)22-20(24)17-12-13-19(23-21(17)25)16-10-8-14(2)9-11-16/h4-13H,3H2,1-2H3,(H,22,24)(H,23,25). The molecule has 0 aliphatic carbocycles. The fraction of sp³-hybridized carbons (Fsp3) is 0.143. The number of hydrogen-bond donors (Lipinski definition) is 2. The fourth-order valence-corrected chi connectivity index (χ4v) is 2.69. The summed E-state index contributed by atoms with van der Waals surface area (Å²) in [5.41, 5.74) is 4.21. The molecule has 0 aliphatic heterocycles. The third kappa shape index (κ3) is 3.69. The van der Waals surface area contributed by atoms with Crippen LogP contribution in [-0.2, 0) is 6.42 Å². The van der Waals surface area contributed by atoms with Crippen LogP contribution in [0.2, 0.25) is 0 Å². The molecule has 0 fully saturated rings. The molecule has 3 aromatic rings. The van der Waals surface area contributed by atoms with Crippen LogP contribution in [0.4, 0.5) is 5.69 Å². The summed E-state index contributed by atoms with van der Waals surface area (Å²) in [6, 6.07) is 18.8. The van der Waals surface area contributed by atoms with Gasteiger partial charge in [0.2, 0.25) is 0 Å². The van der Waals surface area contributed by atoms with E-state index in [1.807, 2.05) is 62.4 Å². The first-order chi connectivity index (χ1) is 12.1. The third-order valence-corrected chi connectivity index (χ3v) is 4.16. The van der Waals surface area contributed by atoms with Gasteiger partial charge in [0, 0.05) is 11.4 Å². The van der Waals surface area contributed by atoms with E-state index >= 15 is 0 Å². The van der Waals surface area contributed by atoms with Crippen LogP contribution in [0.3, 0.4) is 0 Å². The molecule has 0 radical (unpaired) electrons. The number of aromatic amines is 1. The maximum absolute atomic E-state index is 12.5. The van der Waals surface area contributed by atoms with Gasteiger partial charge >= 0.3 is 0 Å². The summed E-state index contributed by atoms with van der Waals surface area (Å²) in [5.74, 6) is -0.405. The zero-order chi connectivity index (χ0) is 17.8. The van der Waals surface area contributed by atoms with Crippen LogP contribution in [0.1, 0.15) is 28.4 Å². The van der Waals surface area contributed by atoms with Crippen molar-refractivity contribution in [3.05, 3.63) is 87.7 Å². The molecule has 1 heterocycles. The number of anilines is 1. The molecule has 0 atom stereocenters. The minimum Gasteiger partial charge on any atom is -0.322 e. The topological polar surface area (TPSA) is 62.0 Å². The molecule has 2 aromatic carbocycles. The molecule has 1 amide bonds. The van der Waals surface area contributed by atoms with Crippen molar-refractivity contribution in [1.82, 2.24) is 4.98 Å². The van der Waals surface area contributed by atoms with Crippen molar-refractivity contribution in [1.29, 1.82) is 0 Å². The Morgan fingerprint density at radius 3 is 2.40 bits per heavy atom. The largest absolute Gasteiger partial charge is 0.322 e. The second-order valence-electron chi connectivity index (χ2n) is 5.95. The van der Waals surface area contributed by atoms with Gasteiger partial charge in [0.15, 0.2) is 0 Å². The first-order valence-corrected chi connectivity index (χ1v) is 8.28. The number of rotatable bonds is 4. The molecule has 0 saturated heterocycles. The van der Waals surface area contributed by atoms with Gasteiger partial charge in [0.1, 0.15) is 5.56 Å². The van der Waals surface area contributed by atoms with Crippen molar-refractivity contribution in [3.8, 4) is 11.3 Å². The lowest BCUT2D eigenvalue weighted by Gasteiger charge is -2.10. The minimum atomic E-state index is -0.405. The number of carbonyl (C=O) groups is 1. The fourth-order valence-electron chi connectivity index (χ4n) is 2.69. The molecule has 25 heavy (non-hydrogen) atoms. The van der Waals surface area contributed by atoms with E-state index in [0.29, 0.717) is 5.69 Å². The molecule has 2 N–H and O–H groups in total. The lowest BCUT2D eigenvalue weighted by Crippen LogP contribution is -2.23. The van der Waals surface area contributed by atoms with E-state index in [0.717, 1.165) is 28.8 Å². The molecule has 0 bridgehead atoms. The Morgan fingerprint density at radius 1 is 1.00 bits per heavy atom. The van der Waals surface area contributed by atoms with Gasteiger partial charge in [-0.25, -0.2) is 0 Å². The van der Waals surface area contributed by atoms with Crippen molar-refractivity contribution < 1.29 is 4.79 Å². The summed E-state index contributed by atoms with van der Waals surface area (Å²) in [6.07, 6.45) is 0.805. The van der Waals surface area contributed by atoms with Crippen molar-refractivity contribution >= 4 is 11.6 Å². The lowest BCUT2D eigenvalue weighted by molar-refractivity contribution is 0.102.